The fraction of sp³-hybridized carbons (Fsp3) is 0.500. The SMILES string of the molecule is Nc1nc2c(ncn2[C@@H]2OC[C@@H](O)[C@@H](O)[C@@H]2O)c(=O)[nH]1. The van der Waals surface area contributed by atoms with Crippen LogP contribution in [0.2, 0.25) is 0 Å². The van der Waals surface area contributed by atoms with Crippen molar-refractivity contribution in [2.75, 3.05) is 12.3 Å². The minimum atomic E-state index is -1.39. The minimum absolute atomic E-state index is 0.0376. The summed E-state index contributed by atoms with van der Waals surface area (Å²) in [6.45, 7) is -0.165. The molecule has 1 aliphatic heterocycles. The lowest BCUT2D eigenvalue weighted by atomic mass is 10.0. The zero-order valence-electron chi connectivity index (χ0n) is 10.2. The Hall–Kier alpha value is -2.01. The fourth-order valence-corrected chi connectivity index (χ4v) is 2.16. The quantitative estimate of drug-likeness (QED) is 0.378. The van der Waals surface area contributed by atoms with Gasteiger partial charge in [-0.1, -0.05) is 0 Å². The summed E-state index contributed by atoms with van der Waals surface area (Å²) in [5, 5.41) is 29.0. The van der Waals surface area contributed by atoms with Gasteiger partial charge < -0.3 is 25.8 Å². The number of anilines is 1. The zero-order chi connectivity index (χ0) is 14.4. The Morgan fingerprint density at radius 3 is 2.90 bits per heavy atom. The predicted molar refractivity (Wildman–Crippen MR) is 65.6 cm³/mol. The molecule has 6 N–H and O–H groups in total. The van der Waals surface area contributed by atoms with Gasteiger partial charge in [0.15, 0.2) is 17.4 Å². The first kappa shape index (κ1) is 13.0. The molecule has 4 atom stereocenters. The van der Waals surface area contributed by atoms with Crippen LogP contribution in [0.3, 0.4) is 0 Å². The van der Waals surface area contributed by atoms with Crippen LogP contribution in [0, 0.1) is 0 Å². The molecule has 2 aromatic heterocycles. The first-order valence-corrected chi connectivity index (χ1v) is 5.87. The molecule has 0 aromatic carbocycles. The number of aromatic amines is 1. The first-order valence-electron chi connectivity index (χ1n) is 5.87. The molecule has 3 rings (SSSR count). The monoisotopic (exact) mass is 283 g/mol. The smallest absolute Gasteiger partial charge is 0.280 e. The van der Waals surface area contributed by atoms with Crippen LogP contribution in [0.25, 0.3) is 11.2 Å². The Balaban J connectivity index is 2.09. The number of nitrogens with one attached hydrogen (secondary N) is 1. The predicted octanol–water partition coefficient (Wildman–Crippen LogP) is -2.69. The van der Waals surface area contributed by atoms with Gasteiger partial charge in [-0.3, -0.25) is 14.3 Å². The Morgan fingerprint density at radius 1 is 1.40 bits per heavy atom. The fourth-order valence-electron chi connectivity index (χ4n) is 2.16. The molecule has 1 aliphatic rings. The van der Waals surface area contributed by atoms with Gasteiger partial charge in [0.2, 0.25) is 5.95 Å². The number of hydrogen-bond acceptors (Lipinski definition) is 8. The van der Waals surface area contributed by atoms with Crippen LogP contribution in [0.5, 0.6) is 0 Å². The maximum Gasteiger partial charge on any atom is 0.280 e. The van der Waals surface area contributed by atoms with E-state index in [0.29, 0.717) is 0 Å². The molecular formula is C10H13N5O5. The number of rotatable bonds is 1. The van der Waals surface area contributed by atoms with Crippen LogP contribution in [-0.4, -0.2) is 59.8 Å². The van der Waals surface area contributed by atoms with E-state index >= 15 is 0 Å². The number of aliphatic hydroxyl groups is 3. The third kappa shape index (κ3) is 1.86. The summed E-state index contributed by atoms with van der Waals surface area (Å²) in [7, 11) is 0. The number of aliphatic hydroxyl groups excluding tert-OH is 3. The van der Waals surface area contributed by atoms with Gasteiger partial charge in [0, 0.05) is 0 Å². The molecule has 0 spiro atoms. The molecule has 2 aromatic rings. The van der Waals surface area contributed by atoms with Gasteiger partial charge in [0.1, 0.15) is 18.3 Å². The topological polar surface area (TPSA) is 160 Å². The molecular weight excluding hydrogens is 270 g/mol. The highest BCUT2D eigenvalue weighted by atomic mass is 16.5. The molecule has 108 valence electrons. The van der Waals surface area contributed by atoms with Gasteiger partial charge >= 0.3 is 0 Å². The van der Waals surface area contributed by atoms with Crippen LogP contribution < -0.4 is 11.3 Å². The van der Waals surface area contributed by atoms with Crippen LogP contribution in [0.1, 0.15) is 6.23 Å². The lowest BCUT2D eigenvalue weighted by molar-refractivity contribution is -0.210. The van der Waals surface area contributed by atoms with E-state index < -0.39 is 30.1 Å². The second-order valence-corrected chi connectivity index (χ2v) is 4.55. The summed E-state index contributed by atoms with van der Waals surface area (Å²) in [6, 6.07) is 0. The third-order valence-corrected chi connectivity index (χ3v) is 3.20. The van der Waals surface area contributed by atoms with Crippen molar-refractivity contribution in [3.05, 3.63) is 16.7 Å². The van der Waals surface area contributed by atoms with E-state index in [1.165, 1.54) is 10.9 Å². The molecule has 1 saturated heterocycles. The number of aromatic nitrogens is 4. The average Bonchev–Trinajstić information content (AvgIpc) is 2.80. The number of nitrogen functional groups attached to an aromatic ring is 1. The Labute approximate surface area is 111 Å². The summed E-state index contributed by atoms with van der Waals surface area (Å²) >= 11 is 0. The van der Waals surface area contributed by atoms with E-state index in [9.17, 15) is 20.1 Å². The zero-order valence-corrected chi connectivity index (χ0v) is 10.2. The van der Waals surface area contributed by atoms with Crippen molar-refractivity contribution in [3.8, 4) is 0 Å². The van der Waals surface area contributed by atoms with Crippen LogP contribution >= 0.6 is 0 Å². The number of imidazole rings is 1. The molecule has 10 heteroatoms. The van der Waals surface area contributed by atoms with Crippen molar-refractivity contribution in [3.63, 3.8) is 0 Å². The highest BCUT2D eigenvalue weighted by molar-refractivity contribution is 5.70. The van der Waals surface area contributed by atoms with Crippen molar-refractivity contribution in [1.82, 2.24) is 19.5 Å². The lowest BCUT2D eigenvalue weighted by Crippen LogP contribution is -2.50. The molecule has 0 saturated carbocycles. The van der Waals surface area contributed by atoms with Crippen molar-refractivity contribution in [2.24, 2.45) is 0 Å². The number of H-pyrrole nitrogens is 1. The number of fused-ring (bicyclic) bond motifs is 1. The molecule has 0 aliphatic carbocycles. The lowest BCUT2D eigenvalue weighted by Gasteiger charge is -2.35. The Kier molecular flexibility index (Phi) is 2.94. The van der Waals surface area contributed by atoms with Gasteiger partial charge in [-0.2, -0.15) is 4.98 Å². The second kappa shape index (κ2) is 4.52. The van der Waals surface area contributed by atoms with Crippen molar-refractivity contribution >= 4 is 17.1 Å². The minimum Gasteiger partial charge on any atom is -0.388 e. The molecule has 1 fully saturated rings. The highest BCUT2D eigenvalue weighted by Gasteiger charge is 2.39. The van der Waals surface area contributed by atoms with Crippen molar-refractivity contribution < 1.29 is 20.1 Å². The van der Waals surface area contributed by atoms with Gasteiger partial charge in [-0.25, -0.2) is 4.98 Å². The number of nitrogens with zero attached hydrogens (tertiary/aromatic N) is 3. The first-order chi connectivity index (χ1) is 9.49. The average molecular weight is 283 g/mol. The molecule has 10 nitrogen and oxygen atoms in total. The summed E-state index contributed by atoms with van der Waals surface area (Å²) in [5.74, 6) is -0.102. The van der Waals surface area contributed by atoms with E-state index in [1.54, 1.807) is 0 Å². The van der Waals surface area contributed by atoms with E-state index in [-0.39, 0.29) is 23.7 Å². The van der Waals surface area contributed by atoms with E-state index in [4.69, 9.17) is 10.5 Å². The third-order valence-electron chi connectivity index (χ3n) is 3.20. The van der Waals surface area contributed by atoms with Crippen molar-refractivity contribution in [2.45, 2.75) is 24.5 Å². The molecule has 0 bridgehead atoms. The number of ether oxygens (including phenoxy) is 1. The van der Waals surface area contributed by atoms with Crippen LogP contribution in [0.4, 0.5) is 5.95 Å². The molecule has 0 radical (unpaired) electrons. The molecule has 20 heavy (non-hydrogen) atoms. The summed E-state index contributed by atoms with van der Waals surface area (Å²) in [6.07, 6.45) is -3.71. The van der Waals surface area contributed by atoms with Crippen molar-refractivity contribution in [1.29, 1.82) is 0 Å². The Morgan fingerprint density at radius 2 is 2.15 bits per heavy atom. The summed E-state index contributed by atoms with van der Waals surface area (Å²) in [4.78, 5) is 21.8. The Bertz CT molecular complexity index is 697. The normalized spacial score (nSPS) is 30.8. The van der Waals surface area contributed by atoms with Gasteiger partial charge in [-0.15, -0.1) is 0 Å². The number of hydrogen-bond donors (Lipinski definition) is 5. The maximum absolute atomic E-state index is 11.6. The van der Waals surface area contributed by atoms with Crippen LogP contribution in [0.15, 0.2) is 11.1 Å². The molecule has 0 amide bonds. The van der Waals surface area contributed by atoms with Gasteiger partial charge in [0.05, 0.1) is 12.9 Å². The van der Waals surface area contributed by atoms with E-state index in [0.717, 1.165) is 0 Å². The van der Waals surface area contributed by atoms with Crippen LogP contribution in [-0.2, 0) is 4.74 Å². The molecule has 0 unspecified atom stereocenters. The second-order valence-electron chi connectivity index (χ2n) is 4.55. The molecule has 3 heterocycles. The van der Waals surface area contributed by atoms with E-state index in [1.807, 2.05) is 0 Å². The maximum atomic E-state index is 11.6. The van der Waals surface area contributed by atoms with Gasteiger partial charge in [-0.05, 0) is 0 Å². The largest absolute Gasteiger partial charge is 0.388 e. The van der Waals surface area contributed by atoms with Gasteiger partial charge in [0.25, 0.3) is 5.56 Å². The van der Waals surface area contributed by atoms with E-state index in [2.05, 4.69) is 15.0 Å². The highest BCUT2D eigenvalue weighted by Crippen LogP contribution is 2.26. The summed E-state index contributed by atoms with van der Waals surface area (Å²) in [5.41, 5.74) is 5.11. The standard InChI is InChI=1S/C10H13N5O5/c11-10-13-7-4(8(19)14-10)12-2-15(7)9-6(18)5(17)3(16)1-20-9/h2-3,5-6,9,16-18H,1H2,(H3,11,13,14,19)/t3-,5-,6+,9-/m1/s1. The number of nitrogens with two attached hydrogens (primary N) is 1. The summed E-state index contributed by atoms with van der Waals surface area (Å²) < 4.78 is 6.57.